The highest BCUT2D eigenvalue weighted by Gasteiger charge is 2.48. The van der Waals surface area contributed by atoms with Gasteiger partial charge in [0.2, 0.25) is 35.4 Å². The highest BCUT2D eigenvalue weighted by Crippen LogP contribution is 2.33. The third-order valence-electron chi connectivity index (χ3n) is 17.0. The lowest BCUT2D eigenvalue weighted by atomic mass is 9.81. The fourth-order valence-corrected chi connectivity index (χ4v) is 12.3. The monoisotopic (exact) mass is 1160 g/mol. The van der Waals surface area contributed by atoms with E-state index in [0.717, 1.165) is 27.8 Å². The lowest BCUT2D eigenvalue weighted by molar-refractivity contribution is -0.151. The Labute approximate surface area is 494 Å². The first-order valence-electron chi connectivity index (χ1n) is 29.5. The number of aryl methyl sites for hydroxylation is 1. The topological polar surface area (TPSA) is 268 Å². The summed E-state index contributed by atoms with van der Waals surface area (Å²) in [4.78, 5) is 113. The molecule has 0 bridgehead atoms. The Kier molecular flexibility index (Phi) is 19.4. The Morgan fingerprint density at radius 2 is 1.36 bits per heavy atom. The number of H-pyrrole nitrogens is 1. The van der Waals surface area contributed by atoms with E-state index in [2.05, 4.69) is 36.9 Å². The van der Waals surface area contributed by atoms with Gasteiger partial charge in [-0.15, -0.1) is 0 Å². The van der Waals surface area contributed by atoms with E-state index in [1.54, 1.807) is 31.5 Å². The van der Waals surface area contributed by atoms with Gasteiger partial charge in [0.1, 0.15) is 60.5 Å². The van der Waals surface area contributed by atoms with Crippen LogP contribution in [0.4, 0.5) is 4.79 Å². The molecule has 0 spiro atoms. The van der Waals surface area contributed by atoms with Gasteiger partial charge >= 0.3 is 6.09 Å². The number of rotatable bonds is 16. The van der Waals surface area contributed by atoms with Gasteiger partial charge in [-0.2, -0.15) is 0 Å². The van der Waals surface area contributed by atoms with Crippen LogP contribution in [-0.2, 0) is 72.3 Å². The van der Waals surface area contributed by atoms with Gasteiger partial charge in [-0.1, -0.05) is 110 Å². The Hall–Kier alpha value is -8.75. The Bertz CT molecular complexity index is 3320. The maximum atomic E-state index is 16.0. The first-order chi connectivity index (χ1) is 41.3. The molecule has 4 aliphatic heterocycles. The molecule has 0 unspecified atom stereocenters. The number of nitrogens with zero attached hydrogens (tertiary/aromatic N) is 2. The number of nitrogens with two attached hydrogens (primary N) is 1. The van der Waals surface area contributed by atoms with Crippen LogP contribution in [0.3, 0.4) is 0 Å². The number of aromatic nitrogens is 1. The fourth-order valence-electron chi connectivity index (χ4n) is 12.3. The predicted molar refractivity (Wildman–Crippen MR) is 319 cm³/mol. The van der Waals surface area contributed by atoms with Gasteiger partial charge in [0, 0.05) is 62.4 Å². The van der Waals surface area contributed by atoms with Gasteiger partial charge in [-0.3, -0.25) is 28.8 Å². The Balaban J connectivity index is 1.07. The summed E-state index contributed by atoms with van der Waals surface area (Å²) in [5.74, 6) is -3.25. The van der Waals surface area contributed by atoms with Crippen LogP contribution < -0.4 is 47.1 Å². The van der Waals surface area contributed by atoms with E-state index >= 15 is 28.8 Å². The average molecular weight is 1160 g/mol. The summed E-state index contributed by atoms with van der Waals surface area (Å²) in [6.07, 6.45) is 1.59. The minimum Gasteiger partial charge on any atom is -0.496 e. The Morgan fingerprint density at radius 1 is 0.682 bits per heavy atom. The van der Waals surface area contributed by atoms with Crippen molar-refractivity contribution in [3.05, 3.63) is 167 Å². The second kappa shape index (κ2) is 27.8. The molecule has 1 aromatic heterocycles. The van der Waals surface area contributed by atoms with Crippen LogP contribution in [-0.4, -0.2) is 139 Å². The van der Waals surface area contributed by atoms with E-state index in [4.69, 9.17) is 19.9 Å². The molecule has 20 heteroatoms. The summed E-state index contributed by atoms with van der Waals surface area (Å²) < 4.78 is 17.8. The first-order valence-corrected chi connectivity index (χ1v) is 29.5. The van der Waals surface area contributed by atoms with Crippen molar-refractivity contribution >= 4 is 52.4 Å². The molecule has 20 nitrogen and oxygen atoms in total. The van der Waals surface area contributed by atoms with Crippen molar-refractivity contribution in [2.75, 3.05) is 39.8 Å². The lowest BCUT2D eigenvalue weighted by Gasteiger charge is -2.41. The van der Waals surface area contributed by atoms with Crippen molar-refractivity contribution in [3.8, 4) is 11.5 Å². The molecule has 9 N–H and O–H groups in total. The molecule has 0 saturated carbocycles. The van der Waals surface area contributed by atoms with Crippen LogP contribution in [0.25, 0.3) is 10.9 Å². The fraction of sp³-hybridized carbons (Fsp3) is 0.400. The second-order valence-corrected chi connectivity index (χ2v) is 22.6. The summed E-state index contributed by atoms with van der Waals surface area (Å²) in [5, 5.41) is 18.9. The molecule has 5 heterocycles. The largest absolute Gasteiger partial charge is 0.496 e. The predicted octanol–water partition coefficient (Wildman–Crippen LogP) is 4.37. The average Bonchev–Trinajstić information content (AvgIpc) is 2.81. The SMILES string of the molecule is COc1cccc2[nH]cc(C[C@H]3NC(=O)[C@H](CCc4ccccc4)NC(=O)[C@@H]4C[C@@H](OC(=O)NCCN)CN4C(=O)[C@@H]4Cc5ccccc5CN4C(=O)[C@H](Cc4ccc(OCc5ccccc5)cc4)NC(=O)[C@H]([C@@H](C)C4CCNCC4)NC3=O)c12. The number of nitrogens with one attached hydrogen (secondary N) is 7. The maximum absolute atomic E-state index is 16.0. The number of hydrogen-bond acceptors (Lipinski definition) is 12. The summed E-state index contributed by atoms with van der Waals surface area (Å²) in [6, 6.07) is 31.8. The van der Waals surface area contributed by atoms with Crippen LogP contribution in [0, 0.1) is 11.8 Å². The van der Waals surface area contributed by atoms with Crippen molar-refractivity contribution in [3.63, 3.8) is 0 Å². The number of piperidine rings is 1. The van der Waals surface area contributed by atoms with Gasteiger partial charge in [-0.05, 0) is 108 Å². The summed E-state index contributed by atoms with van der Waals surface area (Å²) >= 11 is 0. The Morgan fingerprint density at radius 3 is 2.09 bits per heavy atom. The third-order valence-corrected chi connectivity index (χ3v) is 17.0. The standard InChI is InChI=1S/C65H76N10O10/c1-40(44-26-29-67-30-27-44)58-62(79)72-53(32-42-20-23-48(24-21-42)84-39-43-14-7-4-8-15-43)63(80)74-37-46-17-10-9-16-45(46)34-55(74)64(81)75-38-49(85-65(82)68-31-28-66)35-54(75)61(78)70-51(25-22-41-12-5-3-6-13-41)59(76)71-52(60(77)73-58)33-47-36-69-50-18-11-19-56(83-2)57(47)50/h3-21,23-24,36,40,44,49,51-55,58,67,69H,22,25-35,37-39,66H2,1-2H3,(H,68,82)(H,70,78)(H,71,76)(H,72,79)(H,73,77)/t40-,49+,51-,52+,53-,54-,55-,58-/m0/s1. The number of aromatic amines is 1. The molecule has 0 radical (unpaired) electrons. The molecular weight excluding hydrogens is 1080 g/mol. The normalized spacial score (nSPS) is 23.0. The number of fused-ring (bicyclic) bond motifs is 4. The van der Waals surface area contributed by atoms with Crippen LogP contribution in [0.2, 0.25) is 0 Å². The lowest BCUT2D eigenvalue weighted by Crippen LogP contribution is -2.64. The highest BCUT2D eigenvalue weighted by atomic mass is 16.6. The molecule has 3 fully saturated rings. The van der Waals surface area contributed by atoms with E-state index in [9.17, 15) is 4.79 Å². The van der Waals surface area contributed by atoms with Crippen LogP contribution in [0.15, 0.2) is 134 Å². The number of ether oxygens (including phenoxy) is 3. The van der Waals surface area contributed by atoms with Gasteiger partial charge in [0.05, 0.1) is 13.7 Å². The zero-order valence-electron chi connectivity index (χ0n) is 48.1. The number of hydrogen-bond donors (Lipinski definition) is 8. The van der Waals surface area contributed by atoms with Gasteiger partial charge in [0.15, 0.2) is 0 Å². The number of alkyl carbamates (subject to hydrolysis) is 1. The van der Waals surface area contributed by atoms with Crippen LogP contribution in [0.1, 0.15) is 66.0 Å². The quantitative estimate of drug-likeness (QED) is 0.0672. The van der Waals surface area contributed by atoms with Gasteiger partial charge in [-0.25, -0.2) is 4.79 Å². The van der Waals surface area contributed by atoms with Crippen molar-refractivity contribution in [1.29, 1.82) is 0 Å². The minimum absolute atomic E-state index is 0.0240. The van der Waals surface area contributed by atoms with E-state index in [1.807, 2.05) is 116 Å². The van der Waals surface area contributed by atoms with Crippen molar-refractivity contribution in [2.45, 2.75) is 114 Å². The van der Waals surface area contributed by atoms with Crippen molar-refractivity contribution < 1.29 is 47.8 Å². The van der Waals surface area contributed by atoms with E-state index in [0.29, 0.717) is 67.0 Å². The first kappa shape index (κ1) is 59.4. The van der Waals surface area contributed by atoms with Gasteiger partial charge < -0.3 is 66.6 Å². The molecule has 10 rings (SSSR count). The van der Waals surface area contributed by atoms with Crippen molar-refractivity contribution in [2.24, 2.45) is 17.6 Å². The molecule has 4 aliphatic rings. The highest BCUT2D eigenvalue weighted by molar-refractivity contribution is 5.99. The molecule has 85 heavy (non-hydrogen) atoms. The van der Waals surface area contributed by atoms with E-state index < -0.39 is 89.8 Å². The molecule has 8 atom stereocenters. The molecule has 3 saturated heterocycles. The second-order valence-electron chi connectivity index (χ2n) is 22.6. The number of methoxy groups -OCH3 is 1. The zero-order chi connectivity index (χ0) is 59.4. The number of amides is 7. The molecule has 7 amide bonds. The van der Waals surface area contributed by atoms with Crippen LogP contribution in [0.5, 0.6) is 11.5 Å². The summed E-state index contributed by atoms with van der Waals surface area (Å²) in [5.41, 5.74) is 11.2. The van der Waals surface area contributed by atoms with Crippen molar-refractivity contribution in [1.82, 2.24) is 46.7 Å². The number of carbonyl (C=O) groups excluding carboxylic acids is 7. The molecular formula is C65H76N10O10. The minimum atomic E-state index is -1.34. The number of benzene rings is 5. The molecule has 6 aromatic rings. The molecule has 0 aliphatic carbocycles. The number of carbonyl (C=O) groups is 7. The smallest absolute Gasteiger partial charge is 0.407 e. The summed E-state index contributed by atoms with van der Waals surface area (Å²) in [6.45, 7) is 3.65. The maximum Gasteiger partial charge on any atom is 0.407 e. The van der Waals surface area contributed by atoms with Crippen LogP contribution >= 0.6 is 0 Å². The van der Waals surface area contributed by atoms with Gasteiger partial charge in [0.25, 0.3) is 0 Å². The third kappa shape index (κ3) is 14.4. The van der Waals surface area contributed by atoms with E-state index in [1.165, 1.54) is 9.80 Å². The summed E-state index contributed by atoms with van der Waals surface area (Å²) in [7, 11) is 1.55. The zero-order valence-corrected chi connectivity index (χ0v) is 48.1. The molecule has 446 valence electrons. The van der Waals surface area contributed by atoms with E-state index in [-0.39, 0.29) is 64.2 Å². The molecule has 5 aromatic carbocycles.